The van der Waals surface area contributed by atoms with Crippen molar-refractivity contribution in [3.63, 3.8) is 0 Å². The molecule has 0 radical (unpaired) electrons. The van der Waals surface area contributed by atoms with Gasteiger partial charge >= 0.3 is 6.09 Å². The average Bonchev–Trinajstić information content (AvgIpc) is 2.64. The van der Waals surface area contributed by atoms with Crippen molar-refractivity contribution in [2.45, 2.75) is 6.61 Å². The van der Waals surface area contributed by atoms with E-state index in [9.17, 15) is 14.4 Å². The van der Waals surface area contributed by atoms with Crippen molar-refractivity contribution in [1.29, 1.82) is 0 Å². The van der Waals surface area contributed by atoms with E-state index < -0.39 is 6.09 Å². The number of carbonyl (C=O) groups is 3. The highest BCUT2D eigenvalue weighted by atomic mass is 16.5. The number of amides is 2. The van der Waals surface area contributed by atoms with E-state index in [2.05, 4.69) is 10.6 Å². The van der Waals surface area contributed by atoms with Gasteiger partial charge in [0.2, 0.25) is 0 Å². The Labute approximate surface area is 139 Å². The van der Waals surface area contributed by atoms with E-state index in [1.54, 1.807) is 18.2 Å². The van der Waals surface area contributed by atoms with Gasteiger partial charge in [0.25, 0.3) is 5.91 Å². The summed E-state index contributed by atoms with van der Waals surface area (Å²) in [5.41, 5.74) is 1.73. The fourth-order valence-corrected chi connectivity index (χ4v) is 1.97. The van der Waals surface area contributed by atoms with E-state index in [0.29, 0.717) is 17.4 Å². The first-order chi connectivity index (χ1) is 11.7. The molecule has 24 heavy (non-hydrogen) atoms. The van der Waals surface area contributed by atoms with Crippen molar-refractivity contribution >= 4 is 18.3 Å². The van der Waals surface area contributed by atoms with Crippen LogP contribution in [0.25, 0.3) is 0 Å². The lowest BCUT2D eigenvalue weighted by Gasteiger charge is -2.08. The zero-order valence-corrected chi connectivity index (χ0v) is 13.0. The van der Waals surface area contributed by atoms with Gasteiger partial charge in [-0.25, -0.2) is 4.79 Å². The van der Waals surface area contributed by atoms with Crippen molar-refractivity contribution in [1.82, 2.24) is 10.6 Å². The number of ether oxygens (including phenoxy) is 1. The lowest BCUT2D eigenvalue weighted by molar-refractivity contribution is 0.0951. The lowest BCUT2D eigenvalue weighted by Crippen LogP contribution is -2.34. The van der Waals surface area contributed by atoms with Crippen molar-refractivity contribution in [2.24, 2.45) is 0 Å². The van der Waals surface area contributed by atoms with Gasteiger partial charge in [-0.2, -0.15) is 0 Å². The van der Waals surface area contributed by atoms with E-state index in [0.717, 1.165) is 5.56 Å². The van der Waals surface area contributed by atoms with Crippen LogP contribution in [0.1, 0.15) is 26.3 Å². The molecule has 0 unspecified atom stereocenters. The van der Waals surface area contributed by atoms with E-state index in [4.69, 9.17) is 4.74 Å². The third-order valence-electron chi connectivity index (χ3n) is 3.18. The van der Waals surface area contributed by atoms with Gasteiger partial charge in [0.15, 0.2) is 0 Å². The minimum atomic E-state index is -0.545. The summed E-state index contributed by atoms with van der Waals surface area (Å²) < 4.78 is 5.05. The first kappa shape index (κ1) is 17.2. The number of aldehydes is 1. The molecule has 6 heteroatoms. The summed E-state index contributed by atoms with van der Waals surface area (Å²) in [6.45, 7) is 0.689. The fourth-order valence-electron chi connectivity index (χ4n) is 1.97. The van der Waals surface area contributed by atoms with Crippen LogP contribution in [0.5, 0.6) is 0 Å². The van der Waals surface area contributed by atoms with Crippen molar-refractivity contribution in [3.05, 3.63) is 71.3 Å². The molecule has 2 amide bonds. The Bertz CT molecular complexity index is 701. The summed E-state index contributed by atoms with van der Waals surface area (Å²) >= 11 is 0. The molecule has 2 aromatic rings. The summed E-state index contributed by atoms with van der Waals surface area (Å²) in [5, 5.41) is 5.20. The second kappa shape index (κ2) is 9.09. The monoisotopic (exact) mass is 326 g/mol. The number of hydrogen-bond acceptors (Lipinski definition) is 4. The molecule has 0 atom stereocenters. The Morgan fingerprint density at radius 2 is 1.71 bits per heavy atom. The molecule has 0 saturated heterocycles. The molecular weight excluding hydrogens is 308 g/mol. The Morgan fingerprint density at radius 3 is 2.46 bits per heavy atom. The standard InChI is InChI=1S/C18H18N2O4/c21-12-15-7-4-8-16(11-15)17(22)19-9-10-20-18(23)24-13-14-5-2-1-3-6-14/h1-8,11-12H,9-10,13H2,(H,19,22)(H,20,23). The van der Waals surface area contributed by atoms with Gasteiger partial charge in [-0.1, -0.05) is 42.5 Å². The second-order valence-corrected chi connectivity index (χ2v) is 4.99. The molecule has 0 fully saturated rings. The average molecular weight is 326 g/mol. The zero-order valence-electron chi connectivity index (χ0n) is 13.0. The minimum absolute atomic E-state index is 0.192. The van der Waals surface area contributed by atoms with E-state index in [1.165, 1.54) is 6.07 Å². The van der Waals surface area contributed by atoms with Gasteiger partial charge < -0.3 is 15.4 Å². The van der Waals surface area contributed by atoms with Crippen LogP contribution in [0.15, 0.2) is 54.6 Å². The molecule has 2 aromatic carbocycles. The number of alkyl carbamates (subject to hydrolysis) is 1. The van der Waals surface area contributed by atoms with E-state index in [1.807, 2.05) is 30.3 Å². The van der Waals surface area contributed by atoms with Crippen LogP contribution in [0.3, 0.4) is 0 Å². The highest BCUT2D eigenvalue weighted by Gasteiger charge is 2.06. The lowest BCUT2D eigenvalue weighted by atomic mass is 10.1. The summed E-state index contributed by atoms with van der Waals surface area (Å²) in [6.07, 6.45) is 0.136. The van der Waals surface area contributed by atoms with Crippen LogP contribution >= 0.6 is 0 Å². The summed E-state index contributed by atoms with van der Waals surface area (Å²) in [7, 11) is 0. The third kappa shape index (κ3) is 5.57. The zero-order chi connectivity index (χ0) is 17.2. The SMILES string of the molecule is O=Cc1cccc(C(=O)NCCNC(=O)OCc2ccccc2)c1. The summed E-state index contributed by atoms with van der Waals surface area (Å²) in [5.74, 6) is -0.307. The normalized spacial score (nSPS) is 9.83. The molecule has 2 rings (SSSR count). The van der Waals surface area contributed by atoms with Crippen LogP contribution < -0.4 is 10.6 Å². The maximum atomic E-state index is 11.9. The first-order valence-corrected chi connectivity index (χ1v) is 7.47. The molecule has 0 heterocycles. The topological polar surface area (TPSA) is 84.5 Å². The van der Waals surface area contributed by atoms with Crippen LogP contribution in [0.4, 0.5) is 4.79 Å². The molecule has 0 aromatic heterocycles. The van der Waals surface area contributed by atoms with Gasteiger partial charge in [-0.3, -0.25) is 9.59 Å². The molecule has 2 N–H and O–H groups in total. The maximum absolute atomic E-state index is 11.9. The third-order valence-corrected chi connectivity index (χ3v) is 3.18. The predicted molar refractivity (Wildman–Crippen MR) is 88.8 cm³/mol. The van der Waals surface area contributed by atoms with Crippen LogP contribution in [-0.2, 0) is 11.3 Å². The van der Waals surface area contributed by atoms with Crippen LogP contribution in [0, 0.1) is 0 Å². The fraction of sp³-hybridized carbons (Fsp3) is 0.167. The quantitative estimate of drug-likeness (QED) is 0.603. The number of benzene rings is 2. The highest BCUT2D eigenvalue weighted by Crippen LogP contribution is 2.03. The number of nitrogens with one attached hydrogen (secondary N) is 2. The Kier molecular flexibility index (Phi) is 6.52. The highest BCUT2D eigenvalue weighted by molar-refractivity contribution is 5.95. The van der Waals surface area contributed by atoms with Gasteiger partial charge in [0.05, 0.1) is 0 Å². The van der Waals surface area contributed by atoms with Gasteiger partial charge in [-0.15, -0.1) is 0 Å². The van der Waals surface area contributed by atoms with Crippen molar-refractivity contribution < 1.29 is 19.1 Å². The van der Waals surface area contributed by atoms with Crippen molar-refractivity contribution in [3.8, 4) is 0 Å². The van der Waals surface area contributed by atoms with Gasteiger partial charge in [-0.05, 0) is 17.7 Å². The Hall–Kier alpha value is -3.15. The maximum Gasteiger partial charge on any atom is 0.407 e. The summed E-state index contributed by atoms with van der Waals surface area (Å²) in [6, 6.07) is 15.7. The van der Waals surface area contributed by atoms with Gasteiger partial charge in [0.1, 0.15) is 12.9 Å². The predicted octanol–water partition coefficient (Wildman–Crippen LogP) is 2.16. The molecule has 0 aliphatic carbocycles. The Balaban J connectivity index is 1.65. The molecule has 124 valence electrons. The molecule has 0 aliphatic heterocycles. The van der Waals surface area contributed by atoms with Crippen LogP contribution in [0.2, 0.25) is 0 Å². The second-order valence-electron chi connectivity index (χ2n) is 4.99. The first-order valence-electron chi connectivity index (χ1n) is 7.47. The number of hydrogen-bond donors (Lipinski definition) is 2. The Morgan fingerprint density at radius 1 is 0.958 bits per heavy atom. The van der Waals surface area contributed by atoms with Crippen molar-refractivity contribution in [2.75, 3.05) is 13.1 Å². The molecule has 0 saturated carbocycles. The minimum Gasteiger partial charge on any atom is -0.445 e. The van der Waals surface area contributed by atoms with Crippen LogP contribution in [-0.4, -0.2) is 31.4 Å². The molecule has 0 aliphatic rings. The molecule has 0 bridgehead atoms. The van der Waals surface area contributed by atoms with E-state index in [-0.39, 0.29) is 25.6 Å². The number of carbonyl (C=O) groups excluding carboxylic acids is 3. The number of rotatable bonds is 7. The molecular formula is C18H18N2O4. The molecule has 0 spiro atoms. The van der Waals surface area contributed by atoms with E-state index >= 15 is 0 Å². The smallest absolute Gasteiger partial charge is 0.407 e. The largest absolute Gasteiger partial charge is 0.445 e. The molecule has 6 nitrogen and oxygen atoms in total. The summed E-state index contributed by atoms with van der Waals surface area (Å²) in [4.78, 5) is 34.1. The van der Waals surface area contributed by atoms with Gasteiger partial charge in [0, 0.05) is 24.2 Å².